The molecule has 0 bridgehead atoms. The lowest BCUT2D eigenvalue weighted by Crippen LogP contribution is -2.29. The molecule has 2 heterocycles. The second-order valence-electron chi connectivity index (χ2n) is 7.14. The second-order valence-corrected chi connectivity index (χ2v) is 9.32. The molecule has 2 aromatic rings. The van der Waals surface area contributed by atoms with E-state index in [1.807, 2.05) is 24.3 Å². The Morgan fingerprint density at radius 2 is 1.83 bits per heavy atom. The van der Waals surface area contributed by atoms with Gasteiger partial charge in [0.15, 0.2) is 5.17 Å². The predicted molar refractivity (Wildman–Crippen MR) is 129 cm³/mol. The largest absolute Gasteiger partial charge is 0.507 e. The van der Waals surface area contributed by atoms with Gasteiger partial charge in [0, 0.05) is 25.8 Å². The van der Waals surface area contributed by atoms with E-state index in [-0.39, 0.29) is 11.7 Å². The van der Waals surface area contributed by atoms with Gasteiger partial charge in [-0.3, -0.25) is 9.69 Å². The monoisotopic (exact) mass is 519 g/mol. The minimum absolute atomic E-state index is 0.0678. The Bertz CT molecular complexity index is 982. The number of aromatic hydroxyl groups is 1. The number of amides is 1. The van der Waals surface area contributed by atoms with Crippen LogP contribution >= 0.6 is 34.4 Å². The van der Waals surface area contributed by atoms with Crippen molar-refractivity contribution in [3.8, 4) is 5.75 Å². The molecule has 1 N–H and O–H groups in total. The van der Waals surface area contributed by atoms with E-state index in [4.69, 9.17) is 0 Å². The summed E-state index contributed by atoms with van der Waals surface area (Å²) >= 11 is 3.45. The third-order valence-corrected chi connectivity index (χ3v) is 6.99. The Labute approximate surface area is 188 Å². The van der Waals surface area contributed by atoms with Gasteiger partial charge in [-0.15, -0.1) is 0 Å². The van der Waals surface area contributed by atoms with E-state index in [0.29, 0.717) is 10.1 Å². The number of nitrogens with zero attached hydrogens (tertiary/aromatic N) is 3. The van der Waals surface area contributed by atoms with Gasteiger partial charge in [-0.2, -0.15) is 0 Å². The van der Waals surface area contributed by atoms with E-state index in [9.17, 15) is 9.90 Å². The highest BCUT2D eigenvalue weighted by atomic mass is 127. The lowest BCUT2D eigenvalue weighted by atomic mass is 10.1. The van der Waals surface area contributed by atoms with Gasteiger partial charge >= 0.3 is 0 Å². The second kappa shape index (κ2) is 8.79. The molecule has 7 heteroatoms. The van der Waals surface area contributed by atoms with Crippen LogP contribution in [0.2, 0.25) is 0 Å². The summed E-state index contributed by atoms with van der Waals surface area (Å²) in [4.78, 5) is 21.9. The van der Waals surface area contributed by atoms with E-state index in [1.165, 1.54) is 36.7 Å². The number of anilines is 1. The first-order valence-electron chi connectivity index (χ1n) is 9.61. The quantitative estimate of drug-likeness (QED) is 0.447. The number of likely N-dealkylation sites (N-methyl/N-ethyl adjacent to an activating group) is 1. The number of hydrogen-bond donors (Lipinski definition) is 1. The lowest BCUT2D eigenvalue weighted by molar-refractivity contribution is -0.121. The number of halogens is 1. The van der Waals surface area contributed by atoms with Gasteiger partial charge < -0.3 is 10.0 Å². The number of thioether (sulfide) groups is 1. The van der Waals surface area contributed by atoms with Crippen LogP contribution in [0.15, 0.2) is 52.4 Å². The highest BCUT2D eigenvalue weighted by molar-refractivity contribution is 14.1. The summed E-state index contributed by atoms with van der Waals surface area (Å²) in [7, 11) is 1.75. The third-order valence-electron chi connectivity index (χ3n) is 5.07. The summed E-state index contributed by atoms with van der Waals surface area (Å²) in [5.41, 5.74) is 2.96. The van der Waals surface area contributed by atoms with E-state index in [2.05, 4.69) is 44.6 Å². The van der Waals surface area contributed by atoms with Crippen molar-refractivity contribution in [3.63, 3.8) is 0 Å². The molecule has 29 heavy (non-hydrogen) atoms. The first kappa shape index (κ1) is 20.3. The molecule has 0 radical (unpaired) electrons. The molecule has 0 aliphatic carbocycles. The molecule has 0 aromatic heterocycles. The first-order valence-corrected chi connectivity index (χ1v) is 11.5. The number of aliphatic imine (C=N–C) groups is 1. The predicted octanol–water partition coefficient (Wildman–Crippen LogP) is 5.22. The van der Waals surface area contributed by atoms with E-state index >= 15 is 0 Å². The van der Waals surface area contributed by atoms with Crippen molar-refractivity contribution in [2.75, 3.05) is 25.0 Å². The maximum atomic E-state index is 12.6. The van der Waals surface area contributed by atoms with E-state index in [1.54, 1.807) is 24.1 Å². The summed E-state index contributed by atoms with van der Waals surface area (Å²) in [6.07, 6.45) is 5.66. The van der Waals surface area contributed by atoms with Crippen molar-refractivity contribution in [1.82, 2.24) is 4.90 Å². The number of piperidine rings is 1. The highest BCUT2D eigenvalue weighted by Crippen LogP contribution is 2.34. The number of carbonyl (C=O) groups excluding carboxylic acids is 1. The smallest absolute Gasteiger partial charge is 0.266 e. The van der Waals surface area contributed by atoms with E-state index in [0.717, 1.165) is 27.9 Å². The molecule has 5 nitrogen and oxygen atoms in total. The lowest BCUT2D eigenvalue weighted by Gasteiger charge is -2.28. The average Bonchev–Trinajstić information content (AvgIpc) is 3.00. The molecule has 2 fully saturated rings. The van der Waals surface area contributed by atoms with Crippen LogP contribution in [-0.4, -0.2) is 41.2 Å². The SMILES string of the molecule is CN1C(=O)/C(=C/c2ccc(O)c(I)c2)SC1=Nc1ccc(N2CCCCC2)cc1. The van der Waals surface area contributed by atoms with Crippen molar-refractivity contribution in [2.45, 2.75) is 19.3 Å². The normalized spacial score (nSPS) is 20.1. The van der Waals surface area contributed by atoms with E-state index < -0.39 is 0 Å². The fourth-order valence-corrected chi connectivity index (χ4v) is 4.94. The average molecular weight is 519 g/mol. The number of benzene rings is 2. The Balaban J connectivity index is 1.52. The van der Waals surface area contributed by atoms with Crippen molar-refractivity contribution < 1.29 is 9.90 Å². The molecule has 150 valence electrons. The van der Waals surface area contributed by atoms with Crippen LogP contribution in [0, 0.1) is 3.57 Å². The number of rotatable bonds is 3. The topological polar surface area (TPSA) is 56.1 Å². The third kappa shape index (κ3) is 4.61. The van der Waals surface area contributed by atoms with Crippen LogP contribution in [-0.2, 0) is 4.79 Å². The summed E-state index contributed by atoms with van der Waals surface area (Å²) in [5.74, 6) is 0.173. The van der Waals surface area contributed by atoms with Gasteiger partial charge in [-0.05, 0) is 102 Å². The molecule has 0 atom stereocenters. The number of phenols is 1. The van der Waals surface area contributed by atoms with Crippen molar-refractivity contribution in [1.29, 1.82) is 0 Å². The number of carbonyl (C=O) groups is 1. The standard InChI is InChI=1S/C22H22IN3O2S/c1-25-21(28)20(14-15-5-10-19(27)18(23)13-15)29-22(25)24-16-6-8-17(9-7-16)26-11-3-2-4-12-26/h5-10,13-14,27H,2-4,11-12H2,1H3/b20-14-,24-22?. The number of amidine groups is 1. The summed E-state index contributed by atoms with van der Waals surface area (Å²) in [5, 5.41) is 10.3. The van der Waals surface area contributed by atoms with Gasteiger partial charge in [-0.25, -0.2) is 4.99 Å². The van der Waals surface area contributed by atoms with Crippen LogP contribution in [0.5, 0.6) is 5.75 Å². The molecule has 2 aromatic carbocycles. The molecule has 2 aliphatic rings. The van der Waals surface area contributed by atoms with Gasteiger partial charge in [0.2, 0.25) is 0 Å². The zero-order chi connectivity index (χ0) is 20.4. The molecular formula is C22H22IN3O2S. The summed E-state index contributed by atoms with van der Waals surface area (Å²) < 4.78 is 0.753. The number of phenolic OH excluding ortho intramolecular Hbond substituents is 1. The van der Waals surface area contributed by atoms with Crippen molar-refractivity contribution >= 4 is 62.9 Å². The molecule has 2 saturated heterocycles. The van der Waals surface area contributed by atoms with Crippen LogP contribution in [0.3, 0.4) is 0 Å². The Hall–Kier alpha value is -2.00. The minimum Gasteiger partial charge on any atom is -0.507 e. The van der Waals surface area contributed by atoms with Crippen LogP contribution in [0.1, 0.15) is 24.8 Å². The Kier molecular flexibility index (Phi) is 6.15. The van der Waals surface area contributed by atoms with Crippen molar-refractivity contribution in [3.05, 3.63) is 56.5 Å². The Morgan fingerprint density at radius 1 is 1.10 bits per heavy atom. The highest BCUT2D eigenvalue weighted by Gasteiger charge is 2.30. The van der Waals surface area contributed by atoms with Gasteiger partial charge in [0.25, 0.3) is 5.91 Å². The van der Waals surface area contributed by atoms with Crippen LogP contribution in [0.25, 0.3) is 6.08 Å². The summed E-state index contributed by atoms with van der Waals surface area (Å²) in [6, 6.07) is 13.5. The number of hydrogen-bond acceptors (Lipinski definition) is 5. The van der Waals surface area contributed by atoms with Gasteiger partial charge in [0.05, 0.1) is 14.2 Å². The molecule has 2 aliphatic heterocycles. The fourth-order valence-electron chi connectivity index (χ4n) is 3.42. The minimum atomic E-state index is -0.0678. The molecular weight excluding hydrogens is 497 g/mol. The zero-order valence-electron chi connectivity index (χ0n) is 16.1. The maximum Gasteiger partial charge on any atom is 0.266 e. The maximum absolute atomic E-state index is 12.6. The molecule has 1 amide bonds. The first-order chi connectivity index (χ1) is 14.0. The Morgan fingerprint density at radius 3 is 2.52 bits per heavy atom. The zero-order valence-corrected chi connectivity index (χ0v) is 19.1. The van der Waals surface area contributed by atoms with Crippen LogP contribution in [0.4, 0.5) is 11.4 Å². The van der Waals surface area contributed by atoms with Gasteiger partial charge in [-0.1, -0.05) is 6.07 Å². The molecule has 0 unspecified atom stereocenters. The molecule has 0 saturated carbocycles. The van der Waals surface area contributed by atoms with Crippen LogP contribution < -0.4 is 4.90 Å². The van der Waals surface area contributed by atoms with Crippen molar-refractivity contribution in [2.24, 2.45) is 4.99 Å². The summed E-state index contributed by atoms with van der Waals surface area (Å²) in [6.45, 7) is 2.23. The molecule has 4 rings (SSSR count). The fraction of sp³-hybridized carbons (Fsp3) is 0.273. The molecule has 0 spiro atoms. The van der Waals surface area contributed by atoms with Gasteiger partial charge in [0.1, 0.15) is 5.75 Å².